The molecule has 0 aliphatic carbocycles. The van der Waals surface area contributed by atoms with Crippen molar-refractivity contribution in [3.8, 4) is 5.75 Å². The van der Waals surface area contributed by atoms with Crippen LogP contribution in [0, 0.1) is 0 Å². The third-order valence-electron chi connectivity index (χ3n) is 6.50. The van der Waals surface area contributed by atoms with E-state index in [1.807, 2.05) is 19.1 Å². The molecule has 174 valence electrons. The number of hydrogen-bond donors (Lipinski definition) is 1. The number of aliphatic hydroxyl groups is 1. The molecule has 0 unspecified atom stereocenters. The van der Waals surface area contributed by atoms with Crippen molar-refractivity contribution in [1.29, 1.82) is 0 Å². The number of aromatic nitrogens is 1. The van der Waals surface area contributed by atoms with Gasteiger partial charge >= 0.3 is 0 Å². The van der Waals surface area contributed by atoms with E-state index in [1.165, 1.54) is 0 Å². The maximum atomic E-state index is 13.1. The first kappa shape index (κ1) is 23.0. The first-order valence-corrected chi connectivity index (χ1v) is 11.6. The number of aliphatic hydroxyl groups excluding tert-OH is 1. The number of hydrogen-bond acceptors (Lipinski definition) is 6. The summed E-state index contributed by atoms with van der Waals surface area (Å²) in [5.41, 5.74) is 2.39. The molecule has 4 rings (SSSR count). The van der Waals surface area contributed by atoms with Crippen molar-refractivity contribution in [2.75, 3.05) is 26.2 Å². The quantitative estimate of drug-likeness (QED) is 0.377. The van der Waals surface area contributed by atoms with E-state index in [4.69, 9.17) is 4.74 Å². The molecule has 1 N–H and O–H groups in total. The maximum absolute atomic E-state index is 13.1. The predicted molar refractivity (Wildman–Crippen MR) is 126 cm³/mol. The summed E-state index contributed by atoms with van der Waals surface area (Å²) in [6.07, 6.45) is 4.83. The molecule has 2 atom stereocenters. The van der Waals surface area contributed by atoms with Gasteiger partial charge < -0.3 is 19.6 Å². The number of benzene rings is 1. The highest BCUT2D eigenvalue weighted by atomic mass is 16.5. The summed E-state index contributed by atoms with van der Waals surface area (Å²) in [5, 5.41) is 11.3. The monoisotopic (exact) mass is 449 g/mol. The average Bonchev–Trinajstić information content (AvgIpc) is 3.32. The topological polar surface area (TPSA) is 83.0 Å². The minimum Gasteiger partial charge on any atom is -0.507 e. The van der Waals surface area contributed by atoms with Gasteiger partial charge in [0.2, 0.25) is 0 Å². The van der Waals surface area contributed by atoms with Crippen LogP contribution in [0.2, 0.25) is 0 Å². The Morgan fingerprint density at radius 2 is 1.91 bits per heavy atom. The molecule has 0 spiro atoms. The molecule has 1 amide bonds. The van der Waals surface area contributed by atoms with E-state index in [1.54, 1.807) is 35.5 Å². The molecule has 0 saturated carbocycles. The van der Waals surface area contributed by atoms with Crippen LogP contribution in [-0.4, -0.2) is 63.9 Å². The van der Waals surface area contributed by atoms with E-state index in [9.17, 15) is 14.7 Å². The van der Waals surface area contributed by atoms with Crippen LogP contribution in [0.3, 0.4) is 0 Å². The summed E-state index contributed by atoms with van der Waals surface area (Å²) < 4.78 is 5.76. The van der Waals surface area contributed by atoms with Gasteiger partial charge in [-0.15, -0.1) is 0 Å². The predicted octanol–water partition coefficient (Wildman–Crippen LogP) is 3.56. The highest BCUT2D eigenvalue weighted by Gasteiger charge is 2.45. The number of fused-ring (bicyclic) bond motifs is 1. The Morgan fingerprint density at radius 1 is 1.18 bits per heavy atom. The standard InChI is InChI=1S/C26H31N3O4/c1-4-28(5-2)13-6-14-29-23(18-9-11-27-12-10-18)22(25(31)26(29)32)24(30)19-7-8-21-20(16-19)15-17(3)33-21/h7-12,16-17,23,30H,4-6,13-15H2,1-3H3/b24-22+/t17-,23+/m0/s1. The van der Waals surface area contributed by atoms with E-state index in [0.717, 1.165) is 49.4 Å². The molecule has 0 bridgehead atoms. The van der Waals surface area contributed by atoms with Crippen LogP contribution in [0.4, 0.5) is 0 Å². The van der Waals surface area contributed by atoms with Gasteiger partial charge in [-0.2, -0.15) is 0 Å². The van der Waals surface area contributed by atoms with Crippen LogP contribution in [0.5, 0.6) is 5.75 Å². The summed E-state index contributed by atoms with van der Waals surface area (Å²) in [5.74, 6) is -0.580. The lowest BCUT2D eigenvalue weighted by atomic mass is 9.95. The fourth-order valence-corrected chi connectivity index (χ4v) is 4.73. The minimum absolute atomic E-state index is 0.0746. The number of ketones is 1. The Morgan fingerprint density at radius 3 is 2.61 bits per heavy atom. The second-order valence-electron chi connectivity index (χ2n) is 8.61. The van der Waals surface area contributed by atoms with Crippen LogP contribution in [0.1, 0.15) is 49.9 Å². The lowest BCUT2D eigenvalue weighted by molar-refractivity contribution is -0.140. The molecule has 2 aliphatic heterocycles. The van der Waals surface area contributed by atoms with E-state index >= 15 is 0 Å². The van der Waals surface area contributed by atoms with Gasteiger partial charge in [-0.05, 0) is 74.4 Å². The van der Waals surface area contributed by atoms with Crippen molar-refractivity contribution in [3.05, 3.63) is 65.0 Å². The molecular formula is C26H31N3O4. The number of pyridine rings is 1. The van der Waals surface area contributed by atoms with Gasteiger partial charge in [-0.1, -0.05) is 13.8 Å². The molecular weight excluding hydrogens is 418 g/mol. The number of carbonyl (C=O) groups is 2. The molecule has 2 aliphatic rings. The van der Waals surface area contributed by atoms with Gasteiger partial charge in [0.05, 0.1) is 11.6 Å². The van der Waals surface area contributed by atoms with Crippen molar-refractivity contribution >= 4 is 17.4 Å². The second kappa shape index (κ2) is 9.75. The summed E-state index contributed by atoms with van der Waals surface area (Å²) in [7, 11) is 0. The number of ether oxygens (including phenoxy) is 1. The van der Waals surface area contributed by atoms with Crippen LogP contribution >= 0.6 is 0 Å². The van der Waals surface area contributed by atoms with Gasteiger partial charge in [0.15, 0.2) is 0 Å². The first-order chi connectivity index (χ1) is 15.9. The van der Waals surface area contributed by atoms with Crippen molar-refractivity contribution in [1.82, 2.24) is 14.8 Å². The van der Waals surface area contributed by atoms with Gasteiger partial charge in [0.25, 0.3) is 11.7 Å². The van der Waals surface area contributed by atoms with E-state index in [0.29, 0.717) is 12.1 Å². The molecule has 33 heavy (non-hydrogen) atoms. The zero-order valence-electron chi connectivity index (χ0n) is 19.5. The van der Waals surface area contributed by atoms with Gasteiger partial charge in [-0.25, -0.2) is 0 Å². The number of likely N-dealkylation sites (tertiary alicyclic amines) is 1. The fraction of sp³-hybridized carbons (Fsp3) is 0.423. The van der Waals surface area contributed by atoms with E-state index < -0.39 is 17.7 Å². The highest BCUT2D eigenvalue weighted by Crippen LogP contribution is 2.40. The minimum atomic E-state index is -0.651. The third-order valence-corrected chi connectivity index (χ3v) is 6.50. The normalized spacial score (nSPS) is 21.5. The van der Waals surface area contributed by atoms with Crippen LogP contribution in [0.25, 0.3) is 5.76 Å². The van der Waals surface area contributed by atoms with Crippen molar-refractivity contribution in [2.45, 2.75) is 45.8 Å². The van der Waals surface area contributed by atoms with Crippen LogP contribution < -0.4 is 4.74 Å². The molecule has 0 radical (unpaired) electrons. The number of amides is 1. The van der Waals surface area contributed by atoms with E-state index in [2.05, 4.69) is 23.7 Å². The Kier molecular flexibility index (Phi) is 6.79. The zero-order chi connectivity index (χ0) is 23.5. The smallest absolute Gasteiger partial charge is 0.295 e. The maximum Gasteiger partial charge on any atom is 0.295 e. The third kappa shape index (κ3) is 4.50. The van der Waals surface area contributed by atoms with Gasteiger partial charge in [-0.3, -0.25) is 14.6 Å². The summed E-state index contributed by atoms with van der Waals surface area (Å²) in [6.45, 7) is 9.34. The molecule has 1 fully saturated rings. The number of nitrogens with zero attached hydrogens (tertiary/aromatic N) is 3. The Bertz CT molecular complexity index is 1060. The Hall–Kier alpha value is -3.19. The second-order valence-corrected chi connectivity index (χ2v) is 8.61. The van der Waals surface area contributed by atoms with Gasteiger partial charge in [0.1, 0.15) is 17.6 Å². The van der Waals surface area contributed by atoms with Crippen LogP contribution in [0.15, 0.2) is 48.3 Å². The molecule has 1 saturated heterocycles. The van der Waals surface area contributed by atoms with Gasteiger partial charge in [0, 0.05) is 30.9 Å². The van der Waals surface area contributed by atoms with Crippen LogP contribution in [-0.2, 0) is 16.0 Å². The Labute approximate surface area is 194 Å². The molecule has 7 nitrogen and oxygen atoms in total. The average molecular weight is 450 g/mol. The summed E-state index contributed by atoms with van der Waals surface area (Å²) in [4.78, 5) is 34.2. The molecule has 3 heterocycles. The number of carbonyl (C=O) groups excluding carboxylic acids is 2. The Balaban J connectivity index is 1.71. The molecule has 1 aromatic carbocycles. The van der Waals surface area contributed by atoms with Crippen molar-refractivity contribution in [2.24, 2.45) is 0 Å². The fourth-order valence-electron chi connectivity index (χ4n) is 4.73. The molecule has 1 aromatic heterocycles. The highest BCUT2D eigenvalue weighted by molar-refractivity contribution is 6.46. The lowest BCUT2D eigenvalue weighted by Gasteiger charge is -2.26. The largest absolute Gasteiger partial charge is 0.507 e. The molecule has 7 heteroatoms. The molecule has 2 aromatic rings. The summed E-state index contributed by atoms with van der Waals surface area (Å²) in [6, 6.07) is 8.34. The number of Topliss-reactive ketones (excluding diaryl/α,β-unsaturated/α-hetero) is 1. The van der Waals surface area contributed by atoms with Crippen molar-refractivity contribution < 1.29 is 19.4 Å². The number of rotatable bonds is 8. The first-order valence-electron chi connectivity index (χ1n) is 11.6. The lowest BCUT2D eigenvalue weighted by Crippen LogP contribution is -2.33. The SMILES string of the molecule is CCN(CC)CCCN1C(=O)C(=O)/C(=C(/O)c2ccc3c(c2)C[C@H](C)O3)[C@H]1c1ccncc1. The summed E-state index contributed by atoms with van der Waals surface area (Å²) >= 11 is 0. The zero-order valence-corrected chi connectivity index (χ0v) is 19.5. The van der Waals surface area contributed by atoms with Crippen molar-refractivity contribution in [3.63, 3.8) is 0 Å². The van der Waals surface area contributed by atoms with E-state index in [-0.39, 0.29) is 17.4 Å².